The number of benzene rings is 1. The predicted molar refractivity (Wildman–Crippen MR) is 71.2 cm³/mol. The van der Waals surface area contributed by atoms with Crippen LogP contribution in [0.25, 0.3) is 0 Å². The minimum absolute atomic E-state index is 0.111. The van der Waals surface area contributed by atoms with Crippen molar-refractivity contribution in [2.45, 2.75) is 20.4 Å². The second kappa shape index (κ2) is 6.86. The molecule has 0 spiro atoms. The Morgan fingerprint density at radius 3 is 2.33 bits per heavy atom. The Labute approximate surface area is 107 Å². The minimum Gasteiger partial charge on any atom is -0.493 e. The largest absolute Gasteiger partial charge is 0.493 e. The van der Waals surface area contributed by atoms with Crippen LogP contribution in [0, 0.1) is 0 Å². The van der Waals surface area contributed by atoms with Crippen molar-refractivity contribution in [2.75, 3.05) is 26.1 Å². The summed E-state index contributed by atoms with van der Waals surface area (Å²) in [4.78, 5) is 11.2. The second-order valence-electron chi connectivity index (χ2n) is 3.83. The summed E-state index contributed by atoms with van der Waals surface area (Å²) in [5.41, 5.74) is 1.70. The quantitative estimate of drug-likeness (QED) is 0.810. The van der Waals surface area contributed by atoms with E-state index in [-0.39, 0.29) is 5.91 Å². The molecular weight excluding hydrogens is 232 g/mol. The summed E-state index contributed by atoms with van der Waals surface area (Å²) < 4.78 is 10.5. The Kier molecular flexibility index (Phi) is 5.45. The lowest BCUT2D eigenvalue weighted by Crippen LogP contribution is -2.15. The number of carbonyl (C=O) groups is 1. The molecule has 1 amide bonds. The molecular formula is C13H20N2O3. The summed E-state index contributed by atoms with van der Waals surface area (Å²) in [5, 5.41) is 6.01. The molecule has 0 saturated carbocycles. The van der Waals surface area contributed by atoms with E-state index in [0.29, 0.717) is 18.0 Å². The van der Waals surface area contributed by atoms with Crippen molar-refractivity contribution in [1.29, 1.82) is 0 Å². The lowest BCUT2D eigenvalue weighted by atomic mass is 10.1. The molecule has 0 unspecified atom stereocenters. The molecule has 0 fully saturated rings. The van der Waals surface area contributed by atoms with Gasteiger partial charge in [0, 0.05) is 25.2 Å². The minimum atomic E-state index is -0.111. The maximum absolute atomic E-state index is 11.2. The molecule has 0 aliphatic heterocycles. The van der Waals surface area contributed by atoms with Crippen molar-refractivity contribution in [1.82, 2.24) is 5.32 Å². The van der Waals surface area contributed by atoms with Gasteiger partial charge in [-0.2, -0.15) is 0 Å². The zero-order chi connectivity index (χ0) is 13.5. The summed E-state index contributed by atoms with van der Waals surface area (Å²) >= 11 is 0. The Morgan fingerprint density at radius 2 is 1.83 bits per heavy atom. The normalized spacial score (nSPS) is 10.0. The molecule has 1 rings (SSSR count). The van der Waals surface area contributed by atoms with Gasteiger partial charge in [-0.15, -0.1) is 0 Å². The highest BCUT2D eigenvalue weighted by molar-refractivity contribution is 5.90. The molecule has 0 radical (unpaired) electrons. The number of methoxy groups -OCH3 is 2. The smallest absolute Gasteiger partial charge is 0.221 e. The van der Waals surface area contributed by atoms with Crippen LogP contribution in [0.4, 0.5) is 5.69 Å². The number of hydrogen-bond acceptors (Lipinski definition) is 4. The van der Waals surface area contributed by atoms with Gasteiger partial charge in [0.1, 0.15) is 0 Å². The molecule has 0 saturated heterocycles. The highest BCUT2D eigenvalue weighted by Gasteiger charge is 2.11. The van der Waals surface area contributed by atoms with Crippen molar-refractivity contribution < 1.29 is 14.3 Å². The monoisotopic (exact) mass is 252 g/mol. The van der Waals surface area contributed by atoms with E-state index in [1.165, 1.54) is 6.92 Å². The van der Waals surface area contributed by atoms with E-state index in [1.54, 1.807) is 20.3 Å². The van der Waals surface area contributed by atoms with Gasteiger partial charge < -0.3 is 20.1 Å². The zero-order valence-electron chi connectivity index (χ0n) is 11.3. The van der Waals surface area contributed by atoms with Gasteiger partial charge in [0.15, 0.2) is 11.5 Å². The van der Waals surface area contributed by atoms with Gasteiger partial charge in [0.05, 0.1) is 14.2 Å². The van der Waals surface area contributed by atoms with Crippen LogP contribution in [0.5, 0.6) is 11.5 Å². The summed E-state index contributed by atoms with van der Waals surface area (Å²) in [6.45, 7) is 5.02. The van der Waals surface area contributed by atoms with Crippen molar-refractivity contribution in [3.8, 4) is 11.5 Å². The van der Waals surface area contributed by atoms with Crippen molar-refractivity contribution in [3.05, 3.63) is 17.7 Å². The van der Waals surface area contributed by atoms with Crippen molar-refractivity contribution >= 4 is 11.6 Å². The molecule has 100 valence electrons. The fraction of sp³-hybridized carbons (Fsp3) is 0.462. The van der Waals surface area contributed by atoms with Crippen LogP contribution in [-0.4, -0.2) is 26.7 Å². The lowest BCUT2D eigenvalue weighted by Gasteiger charge is -2.15. The molecule has 5 nitrogen and oxygen atoms in total. The van der Waals surface area contributed by atoms with Crippen molar-refractivity contribution in [3.63, 3.8) is 0 Å². The van der Waals surface area contributed by atoms with E-state index >= 15 is 0 Å². The summed E-state index contributed by atoms with van der Waals surface area (Å²) in [6, 6.07) is 3.64. The number of ether oxygens (including phenoxy) is 2. The first-order chi connectivity index (χ1) is 8.62. The van der Waals surface area contributed by atoms with Gasteiger partial charge >= 0.3 is 0 Å². The fourth-order valence-corrected chi connectivity index (χ4v) is 1.63. The van der Waals surface area contributed by atoms with Gasteiger partial charge in [-0.3, -0.25) is 4.79 Å². The topological polar surface area (TPSA) is 59.6 Å². The summed E-state index contributed by atoms with van der Waals surface area (Å²) in [7, 11) is 3.16. The average Bonchev–Trinajstić information content (AvgIpc) is 2.36. The molecule has 2 N–H and O–H groups in total. The highest BCUT2D eigenvalue weighted by Crippen LogP contribution is 2.33. The molecule has 1 aromatic carbocycles. The Hall–Kier alpha value is -1.75. The van der Waals surface area contributed by atoms with E-state index in [9.17, 15) is 4.79 Å². The number of nitrogens with one attached hydrogen (secondary N) is 2. The first-order valence-corrected chi connectivity index (χ1v) is 5.85. The highest BCUT2D eigenvalue weighted by atomic mass is 16.5. The third-order valence-corrected chi connectivity index (χ3v) is 2.49. The van der Waals surface area contributed by atoms with Crippen LogP contribution in [0.1, 0.15) is 19.4 Å². The third-order valence-electron chi connectivity index (χ3n) is 2.49. The van der Waals surface area contributed by atoms with Gasteiger partial charge in [-0.1, -0.05) is 6.92 Å². The van der Waals surface area contributed by atoms with Crippen LogP contribution in [0.3, 0.4) is 0 Å². The molecule has 0 aliphatic rings. The number of hydrogen-bond donors (Lipinski definition) is 2. The Bertz CT molecular complexity index is 419. The van der Waals surface area contributed by atoms with Crippen LogP contribution < -0.4 is 20.1 Å². The molecule has 1 aromatic rings. The average molecular weight is 252 g/mol. The zero-order valence-corrected chi connectivity index (χ0v) is 11.3. The standard InChI is InChI=1S/C13H20N2O3/c1-5-14-8-10-6-12(17-3)13(18-4)7-11(10)15-9(2)16/h6-7,14H,5,8H2,1-4H3,(H,15,16). The van der Waals surface area contributed by atoms with E-state index in [1.807, 2.05) is 13.0 Å². The second-order valence-corrected chi connectivity index (χ2v) is 3.83. The van der Waals surface area contributed by atoms with Gasteiger partial charge in [-0.25, -0.2) is 0 Å². The van der Waals surface area contributed by atoms with E-state index in [0.717, 1.165) is 17.8 Å². The van der Waals surface area contributed by atoms with Crippen LogP contribution >= 0.6 is 0 Å². The number of carbonyl (C=O) groups excluding carboxylic acids is 1. The van der Waals surface area contributed by atoms with Crippen molar-refractivity contribution in [2.24, 2.45) is 0 Å². The van der Waals surface area contributed by atoms with Gasteiger partial charge in [0.2, 0.25) is 5.91 Å². The molecule has 0 atom stereocenters. The predicted octanol–water partition coefficient (Wildman–Crippen LogP) is 1.77. The molecule has 18 heavy (non-hydrogen) atoms. The molecule has 0 bridgehead atoms. The van der Waals surface area contributed by atoms with E-state index in [2.05, 4.69) is 10.6 Å². The maximum atomic E-state index is 11.2. The lowest BCUT2D eigenvalue weighted by molar-refractivity contribution is -0.114. The van der Waals surface area contributed by atoms with Gasteiger partial charge in [-0.05, 0) is 18.2 Å². The van der Waals surface area contributed by atoms with Gasteiger partial charge in [0.25, 0.3) is 0 Å². The Morgan fingerprint density at radius 1 is 1.22 bits per heavy atom. The Balaban J connectivity index is 3.13. The molecule has 5 heteroatoms. The van der Waals surface area contributed by atoms with E-state index in [4.69, 9.17) is 9.47 Å². The SMILES string of the molecule is CCNCc1cc(OC)c(OC)cc1NC(C)=O. The number of anilines is 1. The van der Waals surface area contributed by atoms with Crippen LogP contribution in [0.15, 0.2) is 12.1 Å². The number of rotatable bonds is 6. The first kappa shape index (κ1) is 14.3. The number of amides is 1. The molecule has 0 aromatic heterocycles. The fourth-order valence-electron chi connectivity index (χ4n) is 1.63. The molecule has 0 aliphatic carbocycles. The first-order valence-electron chi connectivity index (χ1n) is 5.85. The third kappa shape index (κ3) is 3.63. The van der Waals surface area contributed by atoms with E-state index < -0.39 is 0 Å². The summed E-state index contributed by atoms with van der Waals surface area (Å²) in [5.74, 6) is 1.14. The molecule has 0 heterocycles. The summed E-state index contributed by atoms with van der Waals surface area (Å²) in [6.07, 6.45) is 0. The van der Waals surface area contributed by atoms with Crippen LogP contribution in [0.2, 0.25) is 0 Å². The van der Waals surface area contributed by atoms with Crippen LogP contribution in [-0.2, 0) is 11.3 Å². The maximum Gasteiger partial charge on any atom is 0.221 e.